The maximum atomic E-state index is 13.0. The summed E-state index contributed by atoms with van der Waals surface area (Å²) in [6.45, 7) is 0.675. The van der Waals surface area contributed by atoms with Gasteiger partial charge in [-0.05, 0) is 17.7 Å². The highest BCUT2D eigenvalue weighted by molar-refractivity contribution is 5.92. The first-order chi connectivity index (χ1) is 16.1. The number of nitrogens with zero attached hydrogens (tertiary/aromatic N) is 3. The Morgan fingerprint density at radius 3 is 2.58 bits per heavy atom. The number of aromatic nitrogens is 2. The van der Waals surface area contributed by atoms with Gasteiger partial charge in [0.15, 0.2) is 6.61 Å². The summed E-state index contributed by atoms with van der Waals surface area (Å²) in [5, 5.41) is 9.70. The number of hydrogen-bond acceptors (Lipinski definition) is 5. The number of rotatable bonds is 8. The summed E-state index contributed by atoms with van der Waals surface area (Å²) in [5.74, 6) is -0.102. The van der Waals surface area contributed by atoms with Crippen molar-refractivity contribution in [3.63, 3.8) is 0 Å². The van der Waals surface area contributed by atoms with Crippen LogP contribution in [-0.4, -0.2) is 58.1 Å². The Balaban J connectivity index is 1.33. The van der Waals surface area contributed by atoms with Crippen molar-refractivity contribution in [3.8, 4) is 5.75 Å². The van der Waals surface area contributed by atoms with E-state index in [1.165, 1.54) is 10.9 Å². The molecule has 1 saturated heterocycles. The normalized spacial score (nSPS) is 15.6. The average Bonchev–Trinajstić information content (AvgIpc) is 3.26. The summed E-state index contributed by atoms with van der Waals surface area (Å²) >= 11 is 0. The van der Waals surface area contributed by atoms with Crippen LogP contribution in [0.5, 0.6) is 5.75 Å². The van der Waals surface area contributed by atoms with Gasteiger partial charge in [-0.2, -0.15) is 5.10 Å². The molecule has 0 radical (unpaired) electrons. The van der Waals surface area contributed by atoms with Gasteiger partial charge in [-0.1, -0.05) is 48.5 Å². The highest BCUT2D eigenvalue weighted by atomic mass is 16.5. The second-order valence-corrected chi connectivity index (χ2v) is 7.66. The fraction of sp³-hybridized carbons (Fsp3) is 0.250. The monoisotopic (exact) mass is 447 g/mol. The fourth-order valence-corrected chi connectivity index (χ4v) is 3.66. The highest BCUT2D eigenvalue weighted by Gasteiger charge is 2.33. The summed E-state index contributed by atoms with van der Waals surface area (Å²) < 4.78 is 6.87. The zero-order valence-electron chi connectivity index (χ0n) is 18.0. The van der Waals surface area contributed by atoms with Crippen molar-refractivity contribution in [2.24, 2.45) is 0 Å². The van der Waals surface area contributed by atoms with E-state index < -0.39 is 6.04 Å². The molecule has 1 aliphatic rings. The number of amides is 3. The molecule has 0 saturated carbocycles. The van der Waals surface area contributed by atoms with Gasteiger partial charge in [0.25, 0.3) is 5.91 Å². The van der Waals surface area contributed by atoms with Gasteiger partial charge < -0.3 is 20.3 Å². The standard InChI is InChI=1S/C24H25N5O4/c30-22(17-33-20-9-5-2-6-10-20)27-19-14-26-28(15-19)16-23(31)29-12-11-25-24(32)21(29)13-18-7-3-1-4-8-18/h1-10,14-15,21H,11-13,16-17H2,(H,25,32)(H,27,30). The topological polar surface area (TPSA) is 106 Å². The largest absolute Gasteiger partial charge is 0.484 e. The lowest BCUT2D eigenvalue weighted by atomic mass is 10.0. The predicted molar refractivity (Wildman–Crippen MR) is 121 cm³/mol. The molecule has 9 nitrogen and oxygen atoms in total. The Bertz CT molecular complexity index is 1100. The molecule has 4 rings (SSSR count). The fourth-order valence-electron chi connectivity index (χ4n) is 3.66. The van der Waals surface area contributed by atoms with Crippen molar-refractivity contribution >= 4 is 23.4 Å². The van der Waals surface area contributed by atoms with Crippen LogP contribution in [0.1, 0.15) is 5.56 Å². The third-order valence-electron chi connectivity index (χ3n) is 5.25. The SMILES string of the molecule is O=C(COc1ccccc1)Nc1cnn(CC(=O)N2CCNC(=O)C2Cc2ccccc2)c1. The summed E-state index contributed by atoms with van der Waals surface area (Å²) in [6, 6.07) is 18.1. The molecule has 3 amide bonds. The third kappa shape index (κ3) is 5.97. The van der Waals surface area contributed by atoms with Crippen LogP contribution in [0.4, 0.5) is 5.69 Å². The summed E-state index contributed by atoms with van der Waals surface area (Å²) in [5.41, 5.74) is 1.45. The highest BCUT2D eigenvalue weighted by Crippen LogP contribution is 2.14. The summed E-state index contributed by atoms with van der Waals surface area (Å²) in [6.07, 6.45) is 3.49. The Kier molecular flexibility index (Phi) is 6.99. The lowest BCUT2D eigenvalue weighted by Gasteiger charge is -2.35. The first-order valence-electron chi connectivity index (χ1n) is 10.7. The van der Waals surface area contributed by atoms with Gasteiger partial charge >= 0.3 is 0 Å². The molecule has 9 heteroatoms. The van der Waals surface area contributed by atoms with E-state index in [-0.39, 0.29) is 30.9 Å². The molecule has 3 aromatic rings. The maximum absolute atomic E-state index is 13.0. The van der Waals surface area contributed by atoms with E-state index in [1.54, 1.807) is 23.2 Å². The van der Waals surface area contributed by atoms with E-state index in [0.717, 1.165) is 5.56 Å². The first kappa shape index (κ1) is 22.1. The lowest BCUT2D eigenvalue weighted by molar-refractivity contribution is -0.143. The van der Waals surface area contributed by atoms with Gasteiger partial charge in [0.05, 0.1) is 11.9 Å². The van der Waals surface area contributed by atoms with Crippen molar-refractivity contribution in [2.75, 3.05) is 25.0 Å². The van der Waals surface area contributed by atoms with E-state index in [4.69, 9.17) is 4.74 Å². The quantitative estimate of drug-likeness (QED) is 0.544. The number of nitrogens with one attached hydrogen (secondary N) is 2. The van der Waals surface area contributed by atoms with Crippen LogP contribution in [-0.2, 0) is 27.3 Å². The average molecular weight is 447 g/mol. The molecule has 2 N–H and O–H groups in total. The van der Waals surface area contributed by atoms with Crippen molar-refractivity contribution in [1.82, 2.24) is 20.0 Å². The first-order valence-corrected chi connectivity index (χ1v) is 10.7. The number of para-hydroxylation sites is 1. The molecule has 2 aromatic carbocycles. The maximum Gasteiger partial charge on any atom is 0.262 e. The van der Waals surface area contributed by atoms with E-state index in [0.29, 0.717) is 30.9 Å². The van der Waals surface area contributed by atoms with Crippen molar-refractivity contribution in [3.05, 3.63) is 78.6 Å². The molecule has 1 fully saturated rings. The zero-order chi connectivity index (χ0) is 23.0. The second-order valence-electron chi connectivity index (χ2n) is 7.66. The van der Waals surface area contributed by atoms with Crippen LogP contribution < -0.4 is 15.4 Å². The second kappa shape index (κ2) is 10.4. The van der Waals surface area contributed by atoms with Gasteiger partial charge in [-0.3, -0.25) is 19.1 Å². The molecule has 0 aliphatic carbocycles. The van der Waals surface area contributed by atoms with E-state index in [1.807, 2.05) is 48.5 Å². The van der Waals surface area contributed by atoms with Crippen LogP contribution in [0.25, 0.3) is 0 Å². The zero-order valence-corrected chi connectivity index (χ0v) is 18.0. The molecule has 170 valence electrons. The van der Waals surface area contributed by atoms with Gasteiger partial charge in [0.1, 0.15) is 18.3 Å². The minimum absolute atomic E-state index is 0.0328. The molecule has 1 aromatic heterocycles. The van der Waals surface area contributed by atoms with Gasteiger partial charge in [-0.15, -0.1) is 0 Å². The van der Waals surface area contributed by atoms with Gasteiger partial charge in [0.2, 0.25) is 11.8 Å². The number of hydrogen-bond donors (Lipinski definition) is 2. The number of benzene rings is 2. The third-order valence-corrected chi connectivity index (χ3v) is 5.25. The molecule has 1 unspecified atom stereocenters. The van der Waals surface area contributed by atoms with Crippen molar-refractivity contribution < 1.29 is 19.1 Å². The minimum Gasteiger partial charge on any atom is -0.484 e. The Morgan fingerprint density at radius 1 is 1.09 bits per heavy atom. The Hall–Kier alpha value is -4.14. The molecule has 1 aliphatic heterocycles. The van der Waals surface area contributed by atoms with Crippen molar-refractivity contribution in [1.29, 1.82) is 0 Å². The Morgan fingerprint density at radius 2 is 1.82 bits per heavy atom. The van der Waals surface area contributed by atoms with Crippen molar-refractivity contribution in [2.45, 2.75) is 19.0 Å². The molecular formula is C24H25N5O4. The molecule has 0 bridgehead atoms. The van der Waals surface area contributed by atoms with Crippen LogP contribution in [0.2, 0.25) is 0 Å². The number of carbonyl (C=O) groups is 3. The van der Waals surface area contributed by atoms with Crippen LogP contribution >= 0.6 is 0 Å². The lowest BCUT2D eigenvalue weighted by Crippen LogP contribution is -2.58. The van der Waals surface area contributed by atoms with Crippen LogP contribution in [0.15, 0.2) is 73.1 Å². The van der Waals surface area contributed by atoms with Crippen LogP contribution in [0, 0.1) is 0 Å². The summed E-state index contributed by atoms with van der Waals surface area (Å²) in [4.78, 5) is 39.2. The number of ether oxygens (including phenoxy) is 1. The molecule has 33 heavy (non-hydrogen) atoms. The van der Waals surface area contributed by atoms with Crippen LogP contribution in [0.3, 0.4) is 0 Å². The van der Waals surface area contributed by atoms with Gasteiger partial charge in [-0.25, -0.2) is 0 Å². The number of anilines is 1. The molecule has 2 heterocycles. The van der Waals surface area contributed by atoms with E-state index >= 15 is 0 Å². The molecule has 0 spiro atoms. The number of piperazine rings is 1. The summed E-state index contributed by atoms with van der Waals surface area (Å²) in [7, 11) is 0. The smallest absolute Gasteiger partial charge is 0.262 e. The Labute approximate surface area is 191 Å². The molecular weight excluding hydrogens is 422 g/mol. The minimum atomic E-state index is -0.571. The number of carbonyl (C=O) groups excluding carboxylic acids is 3. The molecule has 1 atom stereocenters. The van der Waals surface area contributed by atoms with E-state index in [2.05, 4.69) is 15.7 Å². The van der Waals surface area contributed by atoms with Gasteiger partial charge in [0, 0.05) is 25.7 Å². The van der Waals surface area contributed by atoms with E-state index in [9.17, 15) is 14.4 Å². The predicted octanol–water partition coefficient (Wildman–Crippen LogP) is 1.47.